The predicted octanol–water partition coefficient (Wildman–Crippen LogP) is 2.32. The van der Waals surface area contributed by atoms with E-state index in [0.717, 1.165) is 24.5 Å². The Balaban J connectivity index is 2.14. The van der Waals surface area contributed by atoms with Crippen molar-refractivity contribution >= 4 is 11.9 Å². The second-order valence-electron chi connectivity index (χ2n) is 4.25. The van der Waals surface area contributed by atoms with E-state index in [1.165, 1.54) is 0 Å². The molecule has 2 aromatic rings. The second kappa shape index (κ2) is 5.65. The number of rotatable bonds is 5. The van der Waals surface area contributed by atoms with Crippen molar-refractivity contribution in [3.8, 4) is 0 Å². The number of nitrogens with zero attached hydrogens (tertiary/aromatic N) is 4. The minimum absolute atomic E-state index is 0.0387. The largest absolute Gasteiger partial charge is 0.289 e. The molecule has 0 saturated heterocycles. The van der Waals surface area contributed by atoms with Crippen LogP contribution < -0.4 is 0 Å². The van der Waals surface area contributed by atoms with Crippen molar-refractivity contribution in [1.29, 1.82) is 0 Å². The Kier molecular flexibility index (Phi) is 3.94. The van der Waals surface area contributed by atoms with E-state index in [1.54, 1.807) is 18.3 Å². The van der Waals surface area contributed by atoms with Crippen LogP contribution in [-0.2, 0) is 13.1 Å². The van der Waals surface area contributed by atoms with Gasteiger partial charge in [0.25, 0.3) is 0 Å². The lowest BCUT2D eigenvalue weighted by Crippen LogP contribution is -2.01. The van der Waals surface area contributed by atoms with Gasteiger partial charge in [-0.2, -0.15) is 10.2 Å². The first-order chi connectivity index (χ1) is 9.15. The fraction of sp³-hybridized carbons (Fsp3) is 0.357. The molecule has 2 aromatic heterocycles. The van der Waals surface area contributed by atoms with Crippen molar-refractivity contribution in [2.24, 2.45) is 0 Å². The highest BCUT2D eigenvalue weighted by molar-refractivity contribution is 6.07. The number of hydrogen-bond donors (Lipinski definition) is 0. The van der Waals surface area contributed by atoms with Gasteiger partial charge in [-0.3, -0.25) is 14.2 Å². The maximum absolute atomic E-state index is 12.1. The molecule has 19 heavy (non-hydrogen) atoms. The molecule has 5 heteroatoms. The first kappa shape index (κ1) is 13.3. The van der Waals surface area contributed by atoms with E-state index < -0.39 is 0 Å². The molecule has 100 valence electrons. The summed E-state index contributed by atoms with van der Waals surface area (Å²) in [4.78, 5) is 12.1. The van der Waals surface area contributed by atoms with E-state index in [9.17, 15) is 4.79 Å². The van der Waals surface area contributed by atoms with Gasteiger partial charge in [0.05, 0.1) is 17.5 Å². The smallest absolute Gasteiger partial charge is 0.189 e. The zero-order valence-corrected chi connectivity index (χ0v) is 11.5. The van der Waals surface area contributed by atoms with Crippen LogP contribution in [0.25, 0.3) is 6.08 Å². The SMILES string of the molecule is CCn1ccc(/C=C/C(=O)c2cnn(CC)c2C)n1. The fourth-order valence-electron chi connectivity index (χ4n) is 1.90. The summed E-state index contributed by atoms with van der Waals surface area (Å²) in [6.45, 7) is 7.52. The maximum Gasteiger partial charge on any atom is 0.189 e. The van der Waals surface area contributed by atoms with Crippen LogP contribution in [0.15, 0.2) is 24.5 Å². The van der Waals surface area contributed by atoms with Gasteiger partial charge in [0.15, 0.2) is 5.78 Å². The van der Waals surface area contributed by atoms with Crippen molar-refractivity contribution < 1.29 is 4.79 Å². The number of carbonyl (C=O) groups excluding carboxylic acids is 1. The Morgan fingerprint density at radius 2 is 2.16 bits per heavy atom. The number of ketones is 1. The lowest BCUT2D eigenvalue weighted by atomic mass is 10.1. The van der Waals surface area contributed by atoms with Crippen molar-refractivity contribution in [3.63, 3.8) is 0 Å². The fourth-order valence-corrected chi connectivity index (χ4v) is 1.90. The third kappa shape index (κ3) is 2.81. The second-order valence-corrected chi connectivity index (χ2v) is 4.25. The molecule has 0 fully saturated rings. The van der Waals surface area contributed by atoms with Gasteiger partial charge < -0.3 is 0 Å². The van der Waals surface area contributed by atoms with Crippen LogP contribution in [0.4, 0.5) is 0 Å². The monoisotopic (exact) mass is 258 g/mol. The molecule has 0 aliphatic heterocycles. The van der Waals surface area contributed by atoms with Gasteiger partial charge in [-0.05, 0) is 39.0 Å². The topological polar surface area (TPSA) is 52.7 Å². The van der Waals surface area contributed by atoms with Gasteiger partial charge in [0.1, 0.15) is 0 Å². The number of aryl methyl sites for hydroxylation is 2. The minimum Gasteiger partial charge on any atom is -0.289 e. The molecule has 2 rings (SSSR count). The molecule has 0 amide bonds. The van der Waals surface area contributed by atoms with Gasteiger partial charge in [-0.15, -0.1) is 0 Å². The van der Waals surface area contributed by atoms with Gasteiger partial charge in [-0.25, -0.2) is 0 Å². The van der Waals surface area contributed by atoms with E-state index in [4.69, 9.17) is 0 Å². The molecule has 0 spiro atoms. The Bertz CT molecular complexity index is 607. The average molecular weight is 258 g/mol. The van der Waals surface area contributed by atoms with E-state index in [2.05, 4.69) is 10.2 Å². The molecule has 0 unspecified atom stereocenters. The lowest BCUT2D eigenvalue weighted by Gasteiger charge is -1.99. The molecule has 2 heterocycles. The molecular formula is C14H18N4O. The Hall–Kier alpha value is -2.17. The number of allylic oxidation sites excluding steroid dienone is 1. The van der Waals surface area contributed by atoms with Gasteiger partial charge in [-0.1, -0.05) is 0 Å². The summed E-state index contributed by atoms with van der Waals surface area (Å²) in [5.41, 5.74) is 2.33. The summed E-state index contributed by atoms with van der Waals surface area (Å²) < 4.78 is 3.64. The number of hydrogen-bond acceptors (Lipinski definition) is 3. The molecule has 0 bridgehead atoms. The summed E-state index contributed by atoms with van der Waals surface area (Å²) in [5, 5.41) is 8.46. The van der Waals surface area contributed by atoms with E-state index in [-0.39, 0.29) is 5.78 Å². The van der Waals surface area contributed by atoms with Gasteiger partial charge in [0.2, 0.25) is 0 Å². The summed E-state index contributed by atoms with van der Waals surface area (Å²) in [6, 6.07) is 1.88. The average Bonchev–Trinajstić information content (AvgIpc) is 3.02. The van der Waals surface area contributed by atoms with Crippen LogP contribution in [0.1, 0.15) is 35.6 Å². The molecule has 0 atom stereocenters. The zero-order chi connectivity index (χ0) is 13.8. The summed E-state index contributed by atoms with van der Waals surface area (Å²) in [6.07, 6.45) is 6.80. The third-order valence-corrected chi connectivity index (χ3v) is 3.06. The third-order valence-electron chi connectivity index (χ3n) is 3.06. The first-order valence-corrected chi connectivity index (χ1v) is 6.44. The molecule has 0 aliphatic rings. The number of carbonyl (C=O) groups is 1. The van der Waals surface area contributed by atoms with Crippen LogP contribution in [0.3, 0.4) is 0 Å². The molecule has 0 saturated carbocycles. The van der Waals surface area contributed by atoms with Crippen LogP contribution in [0, 0.1) is 6.92 Å². The highest BCUT2D eigenvalue weighted by Crippen LogP contribution is 2.09. The van der Waals surface area contributed by atoms with Crippen LogP contribution in [-0.4, -0.2) is 25.3 Å². The molecule has 0 aromatic carbocycles. The lowest BCUT2D eigenvalue weighted by molar-refractivity contribution is 0.104. The van der Waals surface area contributed by atoms with Crippen molar-refractivity contribution in [1.82, 2.24) is 19.6 Å². The summed E-state index contributed by atoms with van der Waals surface area (Å²) in [5.74, 6) is -0.0387. The van der Waals surface area contributed by atoms with Gasteiger partial charge >= 0.3 is 0 Å². The molecule has 5 nitrogen and oxygen atoms in total. The first-order valence-electron chi connectivity index (χ1n) is 6.44. The van der Waals surface area contributed by atoms with E-state index >= 15 is 0 Å². The zero-order valence-electron chi connectivity index (χ0n) is 11.5. The quantitative estimate of drug-likeness (QED) is 0.611. The van der Waals surface area contributed by atoms with Crippen LogP contribution in [0.5, 0.6) is 0 Å². The molecule has 0 N–H and O–H groups in total. The van der Waals surface area contributed by atoms with E-state index in [0.29, 0.717) is 5.56 Å². The molecular weight excluding hydrogens is 240 g/mol. The Morgan fingerprint density at radius 3 is 2.74 bits per heavy atom. The van der Waals surface area contributed by atoms with Crippen LogP contribution in [0.2, 0.25) is 0 Å². The summed E-state index contributed by atoms with van der Waals surface area (Å²) >= 11 is 0. The van der Waals surface area contributed by atoms with Crippen LogP contribution >= 0.6 is 0 Å². The Labute approximate surface area is 112 Å². The standard InChI is InChI=1S/C14H18N4O/c1-4-17-9-8-12(16-17)6-7-14(19)13-10-15-18(5-2)11(13)3/h6-10H,4-5H2,1-3H3/b7-6+. The predicted molar refractivity (Wildman–Crippen MR) is 73.9 cm³/mol. The van der Waals surface area contributed by atoms with Crippen molar-refractivity contribution in [2.75, 3.05) is 0 Å². The number of aromatic nitrogens is 4. The highest BCUT2D eigenvalue weighted by atomic mass is 16.1. The molecule has 0 radical (unpaired) electrons. The maximum atomic E-state index is 12.1. The van der Waals surface area contributed by atoms with E-state index in [1.807, 2.05) is 42.4 Å². The van der Waals surface area contributed by atoms with Crippen molar-refractivity contribution in [3.05, 3.63) is 41.5 Å². The molecule has 0 aliphatic carbocycles. The van der Waals surface area contributed by atoms with Crippen molar-refractivity contribution in [2.45, 2.75) is 33.9 Å². The Morgan fingerprint density at radius 1 is 1.37 bits per heavy atom. The summed E-state index contributed by atoms with van der Waals surface area (Å²) in [7, 11) is 0. The minimum atomic E-state index is -0.0387. The highest BCUT2D eigenvalue weighted by Gasteiger charge is 2.10. The van der Waals surface area contributed by atoms with Gasteiger partial charge in [0, 0.05) is 25.0 Å². The normalized spacial score (nSPS) is 11.3.